The minimum atomic E-state index is -3.94. The normalized spacial score (nSPS) is 15.6. The van der Waals surface area contributed by atoms with Crippen LogP contribution in [-0.4, -0.2) is 28.8 Å². The van der Waals surface area contributed by atoms with Gasteiger partial charge in [-0.25, -0.2) is 0 Å². The lowest BCUT2D eigenvalue weighted by atomic mass is 10.2. The summed E-state index contributed by atoms with van der Waals surface area (Å²) in [7, 11) is -7.86. The first kappa shape index (κ1) is 12.9. The molecule has 0 rings (SSSR count). The van der Waals surface area contributed by atoms with Crippen LogP contribution in [0.5, 0.6) is 0 Å². The fraction of sp³-hybridized carbons (Fsp3) is 1.00. The van der Waals surface area contributed by atoms with Gasteiger partial charge in [-0.05, 0) is 5.92 Å². The third-order valence-electron chi connectivity index (χ3n) is 1.41. The largest absolute Gasteiger partial charge is 0.282 e. The second-order valence-electron chi connectivity index (χ2n) is 3.01. The first-order valence-electron chi connectivity index (χ1n) is 3.80. The predicted molar refractivity (Wildman–Crippen MR) is 49.2 cm³/mol. The number of rotatable bonds is 5. The average molecular weight is 230 g/mol. The Labute approximate surface area is 79.3 Å². The SMILES string of the molecule is CCC(C)CS(=O)(=O)OS(C)(=O)=O. The molecule has 0 spiro atoms. The maximum Gasteiger partial charge on any atom is 0.282 e. The fourth-order valence-corrected chi connectivity index (χ4v) is 3.34. The predicted octanol–water partition coefficient (Wildman–Crippen LogP) is 0.339. The van der Waals surface area contributed by atoms with Crippen LogP contribution in [-0.2, 0) is 23.9 Å². The summed E-state index contributed by atoms with van der Waals surface area (Å²) < 4.78 is 47.0. The Balaban J connectivity index is 4.45. The van der Waals surface area contributed by atoms with Gasteiger partial charge >= 0.3 is 0 Å². The Kier molecular flexibility index (Phi) is 4.34. The zero-order valence-corrected chi connectivity index (χ0v) is 9.48. The third kappa shape index (κ3) is 6.97. The smallest absolute Gasteiger partial charge is 0.199 e. The topological polar surface area (TPSA) is 77.5 Å². The number of hydrogen-bond donors (Lipinski definition) is 0. The summed E-state index contributed by atoms with van der Waals surface area (Å²) in [6.07, 6.45) is 1.37. The van der Waals surface area contributed by atoms with Crippen LogP contribution >= 0.6 is 0 Å². The van der Waals surface area contributed by atoms with Gasteiger partial charge < -0.3 is 0 Å². The molecule has 0 aliphatic rings. The molecular formula is C6H14O5S2. The van der Waals surface area contributed by atoms with Crippen molar-refractivity contribution in [1.82, 2.24) is 0 Å². The van der Waals surface area contributed by atoms with E-state index in [4.69, 9.17) is 0 Å². The molecule has 0 aromatic heterocycles. The van der Waals surface area contributed by atoms with Gasteiger partial charge in [-0.2, -0.15) is 16.8 Å². The van der Waals surface area contributed by atoms with E-state index < -0.39 is 20.2 Å². The molecule has 0 radical (unpaired) electrons. The van der Waals surface area contributed by atoms with E-state index in [2.05, 4.69) is 3.63 Å². The molecule has 0 N–H and O–H groups in total. The molecule has 1 unspecified atom stereocenters. The van der Waals surface area contributed by atoms with Crippen molar-refractivity contribution < 1.29 is 20.5 Å². The minimum absolute atomic E-state index is 0.105. The summed E-state index contributed by atoms with van der Waals surface area (Å²) in [6.45, 7) is 3.53. The maximum absolute atomic E-state index is 11.0. The average Bonchev–Trinajstić information content (AvgIpc) is 1.80. The summed E-state index contributed by atoms with van der Waals surface area (Å²) in [4.78, 5) is 0. The summed E-state index contributed by atoms with van der Waals surface area (Å²) >= 11 is 0. The van der Waals surface area contributed by atoms with Crippen molar-refractivity contribution in [2.45, 2.75) is 20.3 Å². The van der Waals surface area contributed by atoms with E-state index in [1.807, 2.05) is 6.92 Å². The Morgan fingerprint density at radius 1 is 1.23 bits per heavy atom. The van der Waals surface area contributed by atoms with Gasteiger partial charge in [-0.3, -0.25) is 0 Å². The molecule has 80 valence electrons. The van der Waals surface area contributed by atoms with Crippen LogP contribution in [0.25, 0.3) is 0 Å². The molecule has 7 heteroatoms. The Hall–Kier alpha value is -0.140. The first-order valence-corrected chi connectivity index (χ1v) is 7.19. The molecule has 0 aliphatic heterocycles. The Bertz CT molecular complexity index is 339. The van der Waals surface area contributed by atoms with Gasteiger partial charge in [-0.1, -0.05) is 20.3 Å². The molecule has 0 amide bonds. The van der Waals surface area contributed by atoms with Crippen molar-refractivity contribution >= 4 is 20.2 Å². The van der Waals surface area contributed by atoms with Crippen LogP contribution in [0.15, 0.2) is 0 Å². The van der Waals surface area contributed by atoms with Crippen molar-refractivity contribution in [3.05, 3.63) is 0 Å². The quantitative estimate of drug-likeness (QED) is 0.680. The van der Waals surface area contributed by atoms with Crippen LogP contribution < -0.4 is 0 Å². The molecule has 1 atom stereocenters. The van der Waals surface area contributed by atoms with Crippen LogP contribution in [0.4, 0.5) is 0 Å². The van der Waals surface area contributed by atoms with E-state index in [1.165, 1.54) is 0 Å². The summed E-state index contributed by atoms with van der Waals surface area (Å²) in [5.74, 6) is -0.372. The molecule has 0 fully saturated rings. The summed E-state index contributed by atoms with van der Waals surface area (Å²) in [6, 6.07) is 0. The second-order valence-corrected chi connectivity index (χ2v) is 6.41. The molecule has 0 heterocycles. The van der Waals surface area contributed by atoms with Gasteiger partial charge in [0.2, 0.25) is 0 Å². The van der Waals surface area contributed by atoms with E-state index >= 15 is 0 Å². The van der Waals surface area contributed by atoms with Crippen LogP contribution in [0.1, 0.15) is 20.3 Å². The van der Waals surface area contributed by atoms with E-state index in [-0.39, 0.29) is 11.7 Å². The second kappa shape index (κ2) is 4.39. The van der Waals surface area contributed by atoms with Crippen LogP contribution in [0, 0.1) is 5.92 Å². The summed E-state index contributed by atoms with van der Waals surface area (Å²) in [5, 5.41) is 0. The van der Waals surface area contributed by atoms with E-state index in [0.717, 1.165) is 0 Å². The van der Waals surface area contributed by atoms with Crippen molar-refractivity contribution in [3.63, 3.8) is 0 Å². The van der Waals surface area contributed by atoms with Crippen molar-refractivity contribution in [2.75, 3.05) is 12.0 Å². The van der Waals surface area contributed by atoms with Gasteiger partial charge in [0.05, 0.1) is 12.0 Å². The molecule has 0 saturated carbocycles. The maximum atomic E-state index is 11.0. The van der Waals surface area contributed by atoms with Gasteiger partial charge in [0.25, 0.3) is 20.2 Å². The highest BCUT2D eigenvalue weighted by atomic mass is 32.3. The lowest BCUT2D eigenvalue weighted by Gasteiger charge is -2.07. The zero-order chi connectivity index (χ0) is 10.7. The molecule has 0 bridgehead atoms. The van der Waals surface area contributed by atoms with Crippen LogP contribution in [0.3, 0.4) is 0 Å². The Morgan fingerprint density at radius 3 is 2.00 bits per heavy atom. The molecule has 13 heavy (non-hydrogen) atoms. The molecule has 0 saturated heterocycles. The van der Waals surface area contributed by atoms with Gasteiger partial charge in [0.1, 0.15) is 0 Å². The molecular weight excluding hydrogens is 216 g/mol. The molecule has 0 aliphatic carbocycles. The van der Waals surface area contributed by atoms with E-state index in [1.54, 1.807) is 6.92 Å². The van der Waals surface area contributed by atoms with Gasteiger partial charge in [-0.15, -0.1) is 3.63 Å². The van der Waals surface area contributed by atoms with Gasteiger partial charge in [0.15, 0.2) is 0 Å². The lowest BCUT2D eigenvalue weighted by molar-refractivity contribution is 0.456. The van der Waals surface area contributed by atoms with Gasteiger partial charge in [0, 0.05) is 0 Å². The zero-order valence-electron chi connectivity index (χ0n) is 7.85. The first-order chi connectivity index (χ1) is 5.66. The van der Waals surface area contributed by atoms with Crippen molar-refractivity contribution in [3.8, 4) is 0 Å². The van der Waals surface area contributed by atoms with Crippen molar-refractivity contribution in [1.29, 1.82) is 0 Å². The van der Waals surface area contributed by atoms with E-state index in [0.29, 0.717) is 12.7 Å². The lowest BCUT2D eigenvalue weighted by Crippen LogP contribution is -2.19. The highest BCUT2D eigenvalue weighted by Crippen LogP contribution is 2.08. The van der Waals surface area contributed by atoms with Crippen molar-refractivity contribution in [2.24, 2.45) is 5.92 Å². The monoisotopic (exact) mass is 230 g/mol. The standard InChI is InChI=1S/C6H14O5S2/c1-4-6(2)5-13(9,10)11-12(3,7)8/h6H,4-5H2,1-3H3. The highest BCUT2D eigenvalue weighted by molar-refractivity contribution is 7.99. The molecule has 0 aromatic rings. The minimum Gasteiger partial charge on any atom is -0.199 e. The number of hydrogen-bond acceptors (Lipinski definition) is 5. The fourth-order valence-electron chi connectivity index (χ4n) is 0.682. The third-order valence-corrected chi connectivity index (χ3v) is 4.21. The molecule has 5 nitrogen and oxygen atoms in total. The van der Waals surface area contributed by atoms with E-state index in [9.17, 15) is 16.8 Å². The Morgan fingerprint density at radius 2 is 1.69 bits per heavy atom. The highest BCUT2D eigenvalue weighted by Gasteiger charge is 2.20. The summed E-state index contributed by atoms with van der Waals surface area (Å²) in [5.41, 5.74) is 0. The van der Waals surface area contributed by atoms with Crippen LogP contribution in [0.2, 0.25) is 0 Å². The molecule has 0 aromatic carbocycles.